The molecule has 1 heterocycles. The van der Waals surface area contributed by atoms with Crippen LogP contribution < -0.4 is 5.73 Å². The molecule has 0 radical (unpaired) electrons. The number of non-ortho nitro benzene ring substituents is 1. The number of aliphatic hydroxyl groups excluding tert-OH is 1. The molecular weight excluding hydrogens is 504 g/mol. The van der Waals surface area contributed by atoms with Gasteiger partial charge >= 0.3 is 18.3 Å². The Labute approximate surface area is 198 Å². The van der Waals surface area contributed by atoms with Crippen LogP contribution in [-0.2, 0) is 12.4 Å². The Morgan fingerprint density at radius 1 is 0.917 bits per heavy atom. The molecule has 1 saturated heterocycles. The maximum absolute atomic E-state index is 12.7. The van der Waals surface area contributed by atoms with E-state index < -0.39 is 57.6 Å². The molecule has 36 heavy (non-hydrogen) atoms. The number of nitrogens with zero attached hydrogens (tertiary/aromatic N) is 2. The van der Waals surface area contributed by atoms with Crippen molar-refractivity contribution < 1.29 is 51.1 Å². The highest BCUT2D eigenvalue weighted by Gasteiger charge is 2.34. The highest BCUT2D eigenvalue weighted by molar-refractivity contribution is 5.95. The van der Waals surface area contributed by atoms with Crippen LogP contribution in [0.1, 0.15) is 44.7 Å². The fraction of sp³-hybridized carbons (Fsp3) is 0.333. The van der Waals surface area contributed by atoms with Crippen molar-refractivity contribution in [3.63, 3.8) is 0 Å². The van der Waals surface area contributed by atoms with Crippen LogP contribution in [0, 0.1) is 10.1 Å². The van der Waals surface area contributed by atoms with Gasteiger partial charge in [-0.25, -0.2) is 4.79 Å². The van der Waals surface area contributed by atoms with E-state index in [1.165, 1.54) is 11.0 Å². The summed E-state index contributed by atoms with van der Waals surface area (Å²) in [6, 6.07) is 4.04. The summed E-state index contributed by atoms with van der Waals surface area (Å²) in [5, 5.41) is 28.2. The van der Waals surface area contributed by atoms with Crippen LogP contribution in [0.5, 0.6) is 0 Å². The van der Waals surface area contributed by atoms with E-state index in [4.69, 9.17) is 10.8 Å². The van der Waals surface area contributed by atoms with Crippen molar-refractivity contribution in [3.05, 3.63) is 68.8 Å². The molecule has 1 aliphatic rings. The first-order valence-electron chi connectivity index (χ1n) is 10.0. The quantitative estimate of drug-likeness (QED) is 0.237. The number of nitro benzene ring substituents is 1. The average Bonchev–Trinajstić information content (AvgIpc) is 2.77. The molecule has 2 aromatic carbocycles. The lowest BCUT2D eigenvalue weighted by molar-refractivity contribution is -0.385. The molecule has 0 aromatic heterocycles. The monoisotopic (exact) mass is 523 g/mol. The first-order valence-corrected chi connectivity index (χ1v) is 10.0. The van der Waals surface area contributed by atoms with Crippen LogP contribution in [0.4, 0.5) is 37.7 Å². The normalized spacial score (nSPS) is 14.6. The van der Waals surface area contributed by atoms with E-state index in [2.05, 4.69) is 0 Å². The van der Waals surface area contributed by atoms with Crippen molar-refractivity contribution in [1.82, 2.24) is 4.90 Å². The molecule has 15 heteroatoms. The number of carbonyl (C=O) groups is 2. The van der Waals surface area contributed by atoms with Gasteiger partial charge in [-0.1, -0.05) is 0 Å². The molecule has 1 aliphatic heterocycles. The summed E-state index contributed by atoms with van der Waals surface area (Å²) in [6.07, 6.45) is -8.95. The number of carbonyl (C=O) groups excluding carboxylic acids is 1. The maximum atomic E-state index is 12.7. The lowest BCUT2D eigenvalue weighted by atomic mass is 10.0. The number of nitrogens with two attached hydrogens (primary N) is 1. The SMILES string of the molecule is Nc1cc(C(=O)N2CCC(O)CC2)cc(C(F)(F)F)c1.O=C(O)c1cc([N+](=O)[O-])cc(C(F)(F)F)c1. The zero-order valence-electron chi connectivity index (χ0n) is 18.1. The predicted molar refractivity (Wildman–Crippen MR) is 112 cm³/mol. The largest absolute Gasteiger partial charge is 0.478 e. The molecule has 4 N–H and O–H groups in total. The average molecular weight is 523 g/mol. The van der Waals surface area contributed by atoms with Gasteiger partial charge < -0.3 is 20.8 Å². The number of nitro groups is 1. The first-order chi connectivity index (χ1) is 16.5. The summed E-state index contributed by atoms with van der Waals surface area (Å²) in [4.78, 5) is 33.3. The number of carboxylic acids is 1. The Morgan fingerprint density at radius 3 is 1.89 bits per heavy atom. The van der Waals surface area contributed by atoms with Gasteiger partial charge in [0.05, 0.1) is 27.7 Å². The van der Waals surface area contributed by atoms with E-state index in [0.29, 0.717) is 38.1 Å². The van der Waals surface area contributed by atoms with Crippen molar-refractivity contribution in [2.45, 2.75) is 31.3 Å². The maximum Gasteiger partial charge on any atom is 0.416 e. The standard InChI is InChI=1S/C13H15F3N2O2.C8H4F3NO4/c14-13(15,16)9-5-8(6-10(17)7-9)12(20)18-3-1-11(19)2-4-18;9-8(10,11)5-1-4(7(13)14)2-6(3-5)12(15)16/h5-7,11,19H,1-4,17H2;1-3H,(H,13,14). The molecule has 1 fully saturated rings. The van der Waals surface area contributed by atoms with Crippen LogP contribution in [-0.4, -0.2) is 51.1 Å². The van der Waals surface area contributed by atoms with E-state index >= 15 is 0 Å². The van der Waals surface area contributed by atoms with Gasteiger partial charge in [-0.15, -0.1) is 0 Å². The van der Waals surface area contributed by atoms with Crippen molar-refractivity contribution in [3.8, 4) is 0 Å². The van der Waals surface area contributed by atoms with Gasteiger partial charge in [-0.2, -0.15) is 26.3 Å². The van der Waals surface area contributed by atoms with E-state index in [-0.39, 0.29) is 17.3 Å². The number of carboxylic acid groups (broad SMARTS) is 1. The van der Waals surface area contributed by atoms with Crippen molar-refractivity contribution in [1.29, 1.82) is 0 Å². The Balaban J connectivity index is 0.000000261. The number of rotatable bonds is 3. The third-order valence-electron chi connectivity index (χ3n) is 4.98. The first kappa shape index (κ1) is 28.4. The van der Waals surface area contributed by atoms with E-state index in [1.54, 1.807) is 0 Å². The molecule has 0 atom stereocenters. The van der Waals surface area contributed by atoms with E-state index in [1.807, 2.05) is 0 Å². The van der Waals surface area contributed by atoms with Gasteiger partial charge in [0.25, 0.3) is 11.6 Å². The van der Waals surface area contributed by atoms with Gasteiger partial charge in [0.2, 0.25) is 0 Å². The summed E-state index contributed by atoms with van der Waals surface area (Å²) < 4.78 is 74.9. The van der Waals surface area contributed by atoms with Crippen molar-refractivity contribution in [2.75, 3.05) is 18.8 Å². The zero-order chi connectivity index (χ0) is 27.4. The number of alkyl halides is 6. The van der Waals surface area contributed by atoms with Crippen LogP contribution in [0.3, 0.4) is 0 Å². The zero-order valence-corrected chi connectivity index (χ0v) is 18.1. The fourth-order valence-electron chi connectivity index (χ4n) is 3.19. The smallest absolute Gasteiger partial charge is 0.416 e. The second-order valence-corrected chi connectivity index (χ2v) is 7.69. The van der Waals surface area contributed by atoms with Crippen molar-refractivity contribution in [2.24, 2.45) is 0 Å². The summed E-state index contributed by atoms with van der Waals surface area (Å²) in [5.74, 6) is -2.15. The number of halogens is 6. The minimum atomic E-state index is -4.82. The third-order valence-corrected chi connectivity index (χ3v) is 4.98. The summed E-state index contributed by atoms with van der Waals surface area (Å²) in [7, 11) is 0. The number of hydrogen-bond donors (Lipinski definition) is 3. The van der Waals surface area contributed by atoms with Crippen molar-refractivity contribution >= 4 is 23.3 Å². The molecule has 0 aliphatic carbocycles. The summed E-state index contributed by atoms with van der Waals surface area (Å²) in [5.41, 5.74) is 1.28. The second-order valence-electron chi connectivity index (χ2n) is 7.69. The summed E-state index contributed by atoms with van der Waals surface area (Å²) >= 11 is 0. The molecule has 0 saturated carbocycles. The van der Waals surface area contributed by atoms with Crippen LogP contribution >= 0.6 is 0 Å². The lowest BCUT2D eigenvalue weighted by Crippen LogP contribution is -2.40. The Bertz CT molecular complexity index is 1110. The van der Waals surface area contributed by atoms with E-state index in [0.717, 1.165) is 12.1 Å². The molecule has 0 unspecified atom stereocenters. The number of amides is 1. The Hall–Kier alpha value is -3.88. The lowest BCUT2D eigenvalue weighted by Gasteiger charge is -2.29. The van der Waals surface area contributed by atoms with Crippen LogP contribution in [0.2, 0.25) is 0 Å². The molecule has 0 bridgehead atoms. The molecular formula is C21H19F6N3O6. The minimum Gasteiger partial charge on any atom is -0.478 e. The summed E-state index contributed by atoms with van der Waals surface area (Å²) in [6.45, 7) is 0.659. The second kappa shape index (κ2) is 10.8. The van der Waals surface area contributed by atoms with Gasteiger partial charge in [-0.3, -0.25) is 14.9 Å². The highest BCUT2D eigenvalue weighted by atomic mass is 19.4. The molecule has 2 aromatic rings. The number of aromatic carboxylic acids is 1. The fourth-order valence-corrected chi connectivity index (χ4v) is 3.19. The number of aliphatic hydroxyl groups is 1. The molecule has 3 rings (SSSR count). The Morgan fingerprint density at radius 2 is 1.42 bits per heavy atom. The minimum absolute atomic E-state index is 0.0753. The van der Waals surface area contributed by atoms with Gasteiger partial charge in [0.15, 0.2) is 0 Å². The van der Waals surface area contributed by atoms with Crippen LogP contribution in [0.25, 0.3) is 0 Å². The van der Waals surface area contributed by atoms with E-state index in [9.17, 15) is 51.2 Å². The third kappa shape index (κ3) is 7.56. The molecule has 196 valence electrons. The predicted octanol–water partition coefficient (Wildman–Crippen LogP) is 4.20. The van der Waals surface area contributed by atoms with Gasteiger partial charge in [0.1, 0.15) is 0 Å². The van der Waals surface area contributed by atoms with Crippen LogP contribution in [0.15, 0.2) is 36.4 Å². The number of anilines is 1. The molecule has 9 nitrogen and oxygen atoms in total. The number of piperidine rings is 1. The molecule has 0 spiro atoms. The van der Waals surface area contributed by atoms with Gasteiger partial charge in [0, 0.05) is 36.5 Å². The topological polar surface area (TPSA) is 147 Å². The number of benzene rings is 2. The number of hydrogen-bond acceptors (Lipinski definition) is 6. The molecule has 1 amide bonds. The van der Waals surface area contributed by atoms with Gasteiger partial charge in [-0.05, 0) is 37.1 Å². The highest BCUT2D eigenvalue weighted by Crippen LogP contribution is 2.33. The number of likely N-dealkylation sites (tertiary alicyclic amines) is 1. The number of nitrogen functional groups attached to an aromatic ring is 1. The Kier molecular flexibility index (Phi) is 8.51.